The molecule has 0 saturated heterocycles. The fraction of sp³-hybridized carbons (Fsp3) is 0.250. The summed E-state index contributed by atoms with van der Waals surface area (Å²) < 4.78 is 5.10. The number of aryl methyl sites for hydroxylation is 1. The third kappa shape index (κ3) is 3.91. The molecule has 0 heterocycles. The Balaban J connectivity index is 1.74. The van der Waals surface area contributed by atoms with Crippen LogP contribution in [0.4, 0.5) is 0 Å². The number of aromatic hydroxyl groups is 1. The van der Waals surface area contributed by atoms with Crippen LogP contribution in [0.25, 0.3) is 10.8 Å². The number of phenolic OH excluding ortho intramolecular Hbond substituents is 1. The minimum atomic E-state index is -1.11. The van der Waals surface area contributed by atoms with E-state index in [2.05, 4.69) is 0 Å². The van der Waals surface area contributed by atoms with Gasteiger partial charge in [0, 0.05) is 12.0 Å². The normalized spacial score (nSPS) is 11.4. The van der Waals surface area contributed by atoms with Crippen LogP contribution in [0.1, 0.15) is 36.2 Å². The molecule has 4 heteroatoms. The number of ether oxygens (including phenoxy) is 1. The average Bonchev–Trinajstić information content (AvgIpc) is 2.71. The molecule has 144 valence electrons. The largest absolute Gasteiger partial charge is 0.504 e. The zero-order valence-electron chi connectivity index (χ0n) is 16.4. The Bertz CT molecular complexity index is 1030. The minimum absolute atomic E-state index is 0.0596. The summed E-state index contributed by atoms with van der Waals surface area (Å²) in [5.41, 5.74) is 0.309. The number of hydrogen-bond donors (Lipinski definition) is 1. The highest BCUT2D eigenvalue weighted by Gasteiger charge is 2.35. The van der Waals surface area contributed by atoms with Crippen LogP contribution >= 0.6 is 0 Å². The van der Waals surface area contributed by atoms with Gasteiger partial charge in [0.2, 0.25) is 0 Å². The van der Waals surface area contributed by atoms with Crippen LogP contribution in [-0.2, 0) is 11.2 Å². The predicted molar refractivity (Wildman–Crippen MR) is 110 cm³/mol. The molecule has 0 aliphatic heterocycles. The van der Waals surface area contributed by atoms with Crippen molar-refractivity contribution in [3.63, 3.8) is 0 Å². The summed E-state index contributed by atoms with van der Waals surface area (Å²) in [7, 11) is 1.48. The second-order valence-corrected chi connectivity index (χ2v) is 7.45. The third-order valence-corrected chi connectivity index (χ3v) is 5.16. The van der Waals surface area contributed by atoms with E-state index in [9.17, 15) is 14.7 Å². The lowest BCUT2D eigenvalue weighted by Gasteiger charge is -2.22. The fourth-order valence-corrected chi connectivity index (χ4v) is 3.27. The first-order valence-corrected chi connectivity index (χ1v) is 9.25. The second kappa shape index (κ2) is 7.85. The lowest BCUT2D eigenvalue weighted by molar-refractivity contribution is -0.124. The monoisotopic (exact) mass is 376 g/mol. The molecule has 1 N–H and O–H groups in total. The molecule has 0 saturated carbocycles. The smallest absolute Gasteiger partial charge is 0.175 e. The molecule has 0 atom stereocenters. The molecular weight excluding hydrogens is 352 g/mol. The summed E-state index contributed by atoms with van der Waals surface area (Å²) in [4.78, 5) is 25.9. The van der Waals surface area contributed by atoms with Gasteiger partial charge in [-0.3, -0.25) is 9.59 Å². The molecule has 0 aromatic heterocycles. The first kappa shape index (κ1) is 19.6. The molecular formula is C24H24O4. The van der Waals surface area contributed by atoms with Gasteiger partial charge < -0.3 is 9.84 Å². The van der Waals surface area contributed by atoms with E-state index in [0.717, 1.165) is 16.3 Å². The van der Waals surface area contributed by atoms with Gasteiger partial charge in [-0.2, -0.15) is 0 Å². The van der Waals surface area contributed by atoms with Crippen molar-refractivity contribution < 1.29 is 19.4 Å². The first-order chi connectivity index (χ1) is 13.3. The van der Waals surface area contributed by atoms with Crippen molar-refractivity contribution >= 4 is 22.3 Å². The van der Waals surface area contributed by atoms with Gasteiger partial charge in [0.15, 0.2) is 17.3 Å². The topological polar surface area (TPSA) is 63.6 Å². The van der Waals surface area contributed by atoms with E-state index >= 15 is 0 Å². The highest BCUT2D eigenvalue weighted by molar-refractivity contribution is 6.14. The summed E-state index contributed by atoms with van der Waals surface area (Å²) in [6.45, 7) is 3.37. The number of carbonyl (C=O) groups is 2. The lowest BCUT2D eigenvalue weighted by atomic mass is 9.78. The van der Waals surface area contributed by atoms with Crippen molar-refractivity contribution in [1.82, 2.24) is 0 Å². The number of rotatable bonds is 7. The number of phenols is 1. The Morgan fingerprint density at radius 3 is 2.39 bits per heavy atom. The minimum Gasteiger partial charge on any atom is -0.504 e. The number of carbonyl (C=O) groups excluding carboxylic acids is 2. The maximum atomic E-state index is 13.0. The van der Waals surface area contributed by atoms with Gasteiger partial charge in [-0.1, -0.05) is 42.5 Å². The molecule has 0 aliphatic rings. The highest BCUT2D eigenvalue weighted by Crippen LogP contribution is 2.29. The second-order valence-electron chi connectivity index (χ2n) is 7.45. The molecule has 28 heavy (non-hydrogen) atoms. The maximum Gasteiger partial charge on any atom is 0.175 e. The molecule has 0 aliphatic carbocycles. The van der Waals surface area contributed by atoms with Crippen LogP contribution in [0.15, 0.2) is 60.7 Å². The molecule has 3 aromatic carbocycles. The van der Waals surface area contributed by atoms with Gasteiger partial charge in [-0.15, -0.1) is 0 Å². The van der Waals surface area contributed by atoms with E-state index < -0.39 is 5.41 Å². The number of fused-ring (bicyclic) bond motifs is 1. The van der Waals surface area contributed by atoms with E-state index in [0.29, 0.717) is 17.7 Å². The van der Waals surface area contributed by atoms with E-state index in [1.807, 2.05) is 36.4 Å². The molecule has 0 fully saturated rings. The average molecular weight is 376 g/mol. The van der Waals surface area contributed by atoms with Gasteiger partial charge >= 0.3 is 0 Å². The SMILES string of the molecule is COc1cc(CCC(=O)C(C)(C)C(=O)c2ccc3ccccc3c2)ccc1O. The quantitative estimate of drug-likeness (QED) is 0.467. The van der Waals surface area contributed by atoms with Crippen molar-refractivity contribution in [1.29, 1.82) is 0 Å². The summed E-state index contributed by atoms with van der Waals surface area (Å²) in [5, 5.41) is 11.7. The summed E-state index contributed by atoms with van der Waals surface area (Å²) in [5.74, 6) is 0.144. The number of benzene rings is 3. The van der Waals surface area contributed by atoms with Crippen LogP contribution in [0, 0.1) is 5.41 Å². The van der Waals surface area contributed by atoms with Crippen LogP contribution < -0.4 is 4.74 Å². The molecule has 0 radical (unpaired) electrons. The van der Waals surface area contributed by atoms with Crippen LogP contribution in [0.2, 0.25) is 0 Å². The molecule has 0 unspecified atom stereocenters. The van der Waals surface area contributed by atoms with Gasteiger partial charge in [-0.05, 0) is 54.8 Å². The van der Waals surface area contributed by atoms with Gasteiger partial charge in [0.05, 0.1) is 12.5 Å². The molecule has 3 aromatic rings. The summed E-state index contributed by atoms with van der Waals surface area (Å²) >= 11 is 0. The number of methoxy groups -OCH3 is 1. The molecule has 0 amide bonds. The van der Waals surface area contributed by atoms with E-state index in [4.69, 9.17) is 4.74 Å². The Morgan fingerprint density at radius 2 is 1.68 bits per heavy atom. The predicted octanol–water partition coefficient (Wildman–Crippen LogP) is 4.96. The Labute approximate surface area is 164 Å². The van der Waals surface area contributed by atoms with Gasteiger partial charge in [0.1, 0.15) is 5.78 Å². The summed E-state index contributed by atoms with van der Waals surface area (Å²) in [6, 6.07) is 18.4. The molecule has 0 bridgehead atoms. The van der Waals surface area contributed by atoms with Crippen molar-refractivity contribution in [2.24, 2.45) is 5.41 Å². The van der Waals surface area contributed by atoms with E-state index in [-0.39, 0.29) is 23.7 Å². The van der Waals surface area contributed by atoms with E-state index in [1.54, 1.807) is 38.1 Å². The zero-order chi connectivity index (χ0) is 20.3. The standard InChI is InChI=1S/C24H24O4/c1-24(2,22(26)13-9-16-8-12-20(25)21(14-16)28-3)23(27)19-11-10-17-6-4-5-7-18(17)15-19/h4-8,10-12,14-15,25H,9,13H2,1-3H3. The Morgan fingerprint density at radius 1 is 0.964 bits per heavy atom. The zero-order valence-corrected chi connectivity index (χ0v) is 16.4. The van der Waals surface area contributed by atoms with Crippen molar-refractivity contribution in [2.75, 3.05) is 7.11 Å². The van der Waals surface area contributed by atoms with Crippen LogP contribution in [0.5, 0.6) is 11.5 Å². The van der Waals surface area contributed by atoms with Gasteiger partial charge in [0.25, 0.3) is 0 Å². The van der Waals surface area contributed by atoms with Gasteiger partial charge in [-0.25, -0.2) is 0 Å². The van der Waals surface area contributed by atoms with Crippen LogP contribution in [-0.4, -0.2) is 23.8 Å². The van der Waals surface area contributed by atoms with Crippen LogP contribution in [0.3, 0.4) is 0 Å². The summed E-state index contributed by atoms with van der Waals surface area (Å²) in [6.07, 6.45) is 0.712. The number of ketones is 2. The van der Waals surface area contributed by atoms with Crippen molar-refractivity contribution in [3.05, 3.63) is 71.8 Å². The van der Waals surface area contributed by atoms with E-state index in [1.165, 1.54) is 7.11 Å². The third-order valence-electron chi connectivity index (χ3n) is 5.16. The van der Waals surface area contributed by atoms with Crippen molar-refractivity contribution in [3.8, 4) is 11.5 Å². The Hall–Kier alpha value is -3.14. The van der Waals surface area contributed by atoms with Crippen molar-refractivity contribution in [2.45, 2.75) is 26.7 Å². The highest BCUT2D eigenvalue weighted by atomic mass is 16.5. The molecule has 4 nitrogen and oxygen atoms in total. The molecule has 0 spiro atoms. The maximum absolute atomic E-state index is 13.0. The Kier molecular flexibility index (Phi) is 5.50. The fourth-order valence-electron chi connectivity index (χ4n) is 3.27. The lowest BCUT2D eigenvalue weighted by Crippen LogP contribution is -2.33. The number of Topliss-reactive ketones (excluding diaryl/α,β-unsaturated/α-hetero) is 2. The molecule has 3 rings (SSSR count). The first-order valence-electron chi connectivity index (χ1n) is 9.25. The number of hydrogen-bond acceptors (Lipinski definition) is 4.